The Labute approximate surface area is 140 Å². The van der Waals surface area contributed by atoms with E-state index in [1.165, 1.54) is 10.9 Å². The highest BCUT2D eigenvalue weighted by atomic mass is 35.5. The number of hydrogen-bond acceptors (Lipinski definition) is 2. The summed E-state index contributed by atoms with van der Waals surface area (Å²) in [6.45, 7) is 4.13. The molecule has 0 radical (unpaired) electrons. The Kier molecular flexibility index (Phi) is 3.17. The van der Waals surface area contributed by atoms with Crippen LogP contribution < -0.4 is 5.32 Å². The lowest BCUT2D eigenvalue weighted by molar-refractivity contribution is 0.856. The Morgan fingerprint density at radius 3 is 2.65 bits per heavy atom. The highest BCUT2D eigenvalue weighted by Gasteiger charge is 2.29. The van der Waals surface area contributed by atoms with Crippen molar-refractivity contribution in [3.05, 3.63) is 77.5 Å². The van der Waals surface area contributed by atoms with Gasteiger partial charge in [-0.05, 0) is 43.7 Å². The number of rotatable bonds is 1. The van der Waals surface area contributed by atoms with Gasteiger partial charge >= 0.3 is 0 Å². The smallest absolute Gasteiger partial charge is 0.0890 e. The second-order valence-corrected chi connectivity index (χ2v) is 6.93. The summed E-state index contributed by atoms with van der Waals surface area (Å²) in [4.78, 5) is 4.27. The van der Waals surface area contributed by atoms with Crippen LogP contribution in [0.4, 0.5) is 5.69 Å². The number of hydrogen-bond donors (Lipinski definition) is 1. The Hall–Kier alpha value is -2.32. The molecule has 0 bridgehead atoms. The summed E-state index contributed by atoms with van der Waals surface area (Å²) in [6.07, 6.45) is 2.05. The first kappa shape index (κ1) is 14.3. The molecule has 3 heteroatoms. The van der Waals surface area contributed by atoms with E-state index in [4.69, 9.17) is 16.6 Å². The van der Waals surface area contributed by atoms with Gasteiger partial charge in [0.15, 0.2) is 0 Å². The molecule has 2 aromatic carbocycles. The minimum atomic E-state index is -0.543. The van der Waals surface area contributed by atoms with Gasteiger partial charge in [0.05, 0.1) is 21.8 Å². The molecule has 1 aliphatic rings. The summed E-state index contributed by atoms with van der Waals surface area (Å²) >= 11 is 6.76. The third-order valence-electron chi connectivity index (χ3n) is 4.34. The number of nitrogens with one attached hydrogen (secondary N) is 1. The van der Waals surface area contributed by atoms with Crippen LogP contribution in [0.2, 0.25) is 0 Å². The van der Waals surface area contributed by atoms with Gasteiger partial charge in [-0.1, -0.05) is 36.4 Å². The SMILES string of the molecule is Cc1cc(C2=CC(C)(Cl)c3ccccc3N2)nc2ccccc12. The molecule has 2 nitrogen and oxygen atoms in total. The Balaban J connectivity index is 1.87. The van der Waals surface area contributed by atoms with E-state index in [0.717, 1.165) is 28.2 Å². The van der Waals surface area contributed by atoms with Gasteiger partial charge in [0, 0.05) is 16.6 Å². The van der Waals surface area contributed by atoms with Crippen LogP contribution in [0.25, 0.3) is 16.6 Å². The van der Waals surface area contributed by atoms with Crippen LogP contribution in [-0.4, -0.2) is 4.98 Å². The van der Waals surface area contributed by atoms with E-state index in [0.29, 0.717) is 0 Å². The van der Waals surface area contributed by atoms with Crippen LogP contribution in [-0.2, 0) is 4.87 Å². The Bertz CT molecular complexity index is 941. The highest BCUT2D eigenvalue weighted by Crippen LogP contribution is 2.42. The topological polar surface area (TPSA) is 24.9 Å². The maximum Gasteiger partial charge on any atom is 0.0890 e. The van der Waals surface area contributed by atoms with Gasteiger partial charge in [0.1, 0.15) is 0 Å². The van der Waals surface area contributed by atoms with Crippen molar-refractivity contribution in [2.24, 2.45) is 0 Å². The normalized spacial score (nSPS) is 19.9. The first-order valence-corrected chi connectivity index (χ1v) is 8.07. The first-order valence-electron chi connectivity index (χ1n) is 7.70. The molecule has 0 fully saturated rings. The zero-order chi connectivity index (χ0) is 16.0. The molecule has 1 N–H and O–H groups in total. The molecule has 1 atom stereocenters. The van der Waals surface area contributed by atoms with Crippen LogP contribution in [0.3, 0.4) is 0 Å². The molecule has 0 spiro atoms. The maximum absolute atomic E-state index is 6.76. The fourth-order valence-electron chi connectivity index (χ4n) is 3.17. The van der Waals surface area contributed by atoms with Crippen molar-refractivity contribution >= 4 is 33.9 Å². The number of anilines is 1. The molecule has 4 rings (SSSR count). The minimum Gasteiger partial charge on any atom is -0.354 e. The van der Waals surface area contributed by atoms with Gasteiger partial charge in [-0.2, -0.15) is 0 Å². The van der Waals surface area contributed by atoms with Crippen LogP contribution >= 0.6 is 11.6 Å². The van der Waals surface area contributed by atoms with Gasteiger partial charge in [-0.15, -0.1) is 11.6 Å². The van der Waals surface area contributed by atoms with Crippen molar-refractivity contribution in [2.75, 3.05) is 5.32 Å². The number of allylic oxidation sites excluding steroid dienone is 1. The summed E-state index contributed by atoms with van der Waals surface area (Å²) in [5.41, 5.74) is 6.21. The third kappa shape index (κ3) is 2.40. The average Bonchev–Trinajstić information content (AvgIpc) is 2.54. The summed E-state index contributed by atoms with van der Waals surface area (Å²) in [7, 11) is 0. The first-order chi connectivity index (χ1) is 11.0. The van der Waals surface area contributed by atoms with E-state index >= 15 is 0 Å². The van der Waals surface area contributed by atoms with Gasteiger partial charge < -0.3 is 5.32 Å². The molecule has 2 heterocycles. The van der Waals surface area contributed by atoms with E-state index < -0.39 is 4.87 Å². The van der Waals surface area contributed by atoms with Crippen LogP contribution in [0.1, 0.15) is 23.7 Å². The fourth-order valence-corrected chi connectivity index (χ4v) is 3.45. The van der Waals surface area contributed by atoms with Gasteiger partial charge in [0.2, 0.25) is 0 Å². The molecule has 0 saturated heterocycles. The number of benzene rings is 2. The number of alkyl halides is 1. The van der Waals surface area contributed by atoms with Gasteiger partial charge in [-0.3, -0.25) is 0 Å². The third-order valence-corrected chi connectivity index (χ3v) is 4.65. The second kappa shape index (κ2) is 5.10. The minimum absolute atomic E-state index is 0.543. The van der Waals surface area contributed by atoms with Crippen LogP contribution in [0.5, 0.6) is 0 Å². The van der Waals surface area contributed by atoms with Gasteiger partial charge in [0.25, 0.3) is 0 Å². The summed E-state index contributed by atoms with van der Waals surface area (Å²) in [5.74, 6) is 0. The lowest BCUT2D eigenvalue weighted by atomic mass is 9.92. The van der Waals surface area contributed by atoms with E-state index in [-0.39, 0.29) is 0 Å². The second-order valence-electron chi connectivity index (χ2n) is 6.15. The van der Waals surface area contributed by atoms with Crippen LogP contribution in [0.15, 0.2) is 60.7 Å². The largest absolute Gasteiger partial charge is 0.354 e. The number of aromatic nitrogens is 1. The highest BCUT2D eigenvalue weighted by molar-refractivity contribution is 6.26. The number of pyridine rings is 1. The van der Waals surface area contributed by atoms with E-state index in [2.05, 4.69) is 36.5 Å². The summed E-state index contributed by atoms with van der Waals surface area (Å²) < 4.78 is 0. The molecular formula is C20H17ClN2. The lowest BCUT2D eigenvalue weighted by Crippen LogP contribution is -2.20. The summed E-state index contributed by atoms with van der Waals surface area (Å²) in [5, 5.41) is 4.66. The van der Waals surface area contributed by atoms with E-state index in [1.807, 2.05) is 43.3 Å². The van der Waals surface area contributed by atoms with Crippen molar-refractivity contribution in [3.63, 3.8) is 0 Å². The predicted molar refractivity (Wildman–Crippen MR) is 97.7 cm³/mol. The standard InChI is InChI=1S/C20H17ClN2/c1-13-11-18(22-16-9-5-3-7-14(13)16)19-12-20(2,21)15-8-4-6-10-17(15)23-19/h3-12,23H,1-2H3. The number of halogens is 1. The summed E-state index contributed by atoms with van der Waals surface area (Å²) in [6, 6.07) is 18.5. The Morgan fingerprint density at radius 1 is 1.04 bits per heavy atom. The number of para-hydroxylation sites is 2. The van der Waals surface area contributed by atoms with Crippen molar-refractivity contribution < 1.29 is 0 Å². The molecule has 0 saturated carbocycles. The molecule has 114 valence electrons. The lowest BCUT2D eigenvalue weighted by Gasteiger charge is -2.29. The zero-order valence-corrected chi connectivity index (χ0v) is 13.9. The molecule has 1 unspecified atom stereocenters. The quantitative estimate of drug-likeness (QED) is 0.602. The molecule has 1 aliphatic heterocycles. The van der Waals surface area contributed by atoms with E-state index in [9.17, 15) is 0 Å². The van der Waals surface area contributed by atoms with E-state index in [1.54, 1.807) is 0 Å². The molecule has 3 aromatic rings. The van der Waals surface area contributed by atoms with Crippen molar-refractivity contribution in [1.29, 1.82) is 0 Å². The Morgan fingerprint density at radius 2 is 1.78 bits per heavy atom. The monoisotopic (exact) mass is 320 g/mol. The van der Waals surface area contributed by atoms with Crippen molar-refractivity contribution in [1.82, 2.24) is 4.98 Å². The fraction of sp³-hybridized carbons (Fsp3) is 0.150. The van der Waals surface area contributed by atoms with Crippen molar-refractivity contribution in [3.8, 4) is 0 Å². The number of nitrogens with zero attached hydrogens (tertiary/aromatic N) is 1. The maximum atomic E-state index is 6.76. The predicted octanol–water partition coefficient (Wildman–Crippen LogP) is 5.46. The number of fused-ring (bicyclic) bond motifs is 2. The molecule has 23 heavy (non-hydrogen) atoms. The van der Waals surface area contributed by atoms with Crippen molar-refractivity contribution in [2.45, 2.75) is 18.7 Å². The molecular weight excluding hydrogens is 304 g/mol. The van der Waals surface area contributed by atoms with Gasteiger partial charge in [-0.25, -0.2) is 4.98 Å². The molecule has 1 aromatic heterocycles. The zero-order valence-electron chi connectivity index (χ0n) is 13.1. The molecule has 0 aliphatic carbocycles. The average molecular weight is 321 g/mol. The number of aryl methyl sites for hydroxylation is 1. The van der Waals surface area contributed by atoms with Crippen LogP contribution in [0, 0.1) is 6.92 Å². The molecule has 0 amide bonds.